The van der Waals surface area contributed by atoms with Gasteiger partial charge in [0.1, 0.15) is 0 Å². The zero-order valence-corrected chi connectivity index (χ0v) is 7.85. The second-order valence-electron chi connectivity index (χ2n) is 2.14. The summed E-state index contributed by atoms with van der Waals surface area (Å²) in [6, 6.07) is 0. The van der Waals surface area contributed by atoms with E-state index in [1.165, 1.54) is 6.92 Å². The van der Waals surface area contributed by atoms with Gasteiger partial charge in [-0.25, -0.2) is 4.79 Å². The Morgan fingerprint density at radius 3 is 2.50 bits per heavy atom. The lowest BCUT2D eigenvalue weighted by Gasteiger charge is -2.03. The predicted molar refractivity (Wildman–Crippen MR) is 50.7 cm³/mol. The summed E-state index contributed by atoms with van der Waals surface area (Å²) in [7, 11) is 1.61. The molecule has 0 aromatic rings. The molecule has 0 fully saturated rings. The molecule has 0 saturated carbocycles. The van der Waals surface area contributed by atoms with Gasteiger partial charge in [0.2, 0.25) is 0 Å². The lowest BCUT2D eigenvalue weighted by Crippen LogP contribution is -2.30. The van der Waals surface area contributed by atoms with Gasteiger partial charge in [0, 0.05) is 0 Å². The van der Waals surface area contributed by atoms with Crippen LogP contribution in [-0.2, 0) is 14.3 Å². The lowest BCUT2D eigenvalue weighted by atomic mass is 10.2. The third-order valence-electron chi connectivity index (χ3n) is 1.11. The Kier molecular flexibility index (Phi) is 4.65. The van der Waals surface area contributed by atoms with Crippen LogP contribution in [0.5, 0.6) is 0 Å². The molecule has 1 unspecified atom stereocenters. The molecule has 0 bridgehead atoms. The summed E-state index contributed by atoms with van der Waals surface area (Å²) < 4.78 is 4.46. The van der Waals surface area contributed by atoms with Crippen LogP contribution in [0.15, 0.2) is 0 Å². The highest BCUT2D eigenvalue weighted by Crippen LogP contribution is 1.97. The Morgan fingerprint density at radius 1 is 1.67 bits per heavy atom. The molecule has 0 aromatic heterocycles. The maximum Gasteiger partial charge on any atom is 0.359 e. The molecule has 4 nitrogen and oxygen atoms in total. The van der Waals surface area contributed by atoms with E-state index in [1.54, 1.807) is 7.85 Å². The van der Waals surface area contributed by atoms with Crippen molar-refractivity contribution in [1.29, 1.82) is 5.41 Å². The molecule has 0 rings (SSSR count). The molecule has 12 heavy (non-hydrogen) atoms. The van der Waals surface area contributed by atoms with Gasteiger partial charge < -0.3 is 4.74 Å². The van der Waals surface area contributed by atoms with Crippen molar-refractivity contribution in [2.45, 2.75) is 12.2 Å². The standard InChI is InChI=1S/C6H10BNO3S/c1-3(12)5(9)4(8)6(10)11-2-7/h3,8,12H,2,7H2,1H3. The summed E-state index contributed by atoms with van der Waals surface area (Å²) in [5.41, 5.74) is -0.639. The minimum Gasteiger partial charge on any atom is -0.470 e. The molecule has 0 aliphatic rings. The van der Waals surface area contributed by atoms with E-state index in [0.29, 0.717) is 0 Å². The van der Waals surface area contributed by atoms with Crippen LogP contribution in [0.1, 0.15) is 6.92 Å². The Bertz CT molecular complexity index is 217. The highest BCUT2D eigenvalue weighted by atomic mass is 32.1. The summed E-state index contributed by atoms with van der Waals surface area (Å²) in [6.07, 6.45) is 0. The Balaban J connectivity index is 4.20. The summed E-state index contributed by atoms with van der Waals surface area (Å²) in [4.78, 5) is 21.7. The number of rotatable bonds is 4. The van der Waals surface area contributed by atoms with E-state index in [0.717, 1.165) is 0 Å². The first kappa shape index (κ1) is 11.2. The molecule has 0 heterocycles. The van der Waals surface area contributed by atoms with Crippen LogP contribution in [0.4, 0.5) is 0 Å². The van der Waals surface area contributed by atoms with E-state index in [9.17, 15) is 9.59 Å². The number of ether oxygens (including phenoxy) is 1. The van der Waals surface area contributed by atoms with E-state index < -0.39 is 22.7 Å². The van der Waals surface area contributed by atoms with Crippen molar-refractivity contribution in [2.24, 2.45) is 0 Å². The Labute approximate surface area is 77.0 Å². The third kappa shape index (κ3) is 3.08. The second kappa shape index (κ2) is 4.98. The van der Waals surface area contributed by atoms with Gasteiger partial charge in [-0.05, 0) is 6.92 Å². The van der Waals surface area contributed by atoms with Crippen molar-refractivity contribution < 1.29 is 14.3 Å². The number of hydrogen-bond donors (Lipinski definition) is 2. The molecule has 1 N–H and O–H groups in total. The number of ketones is 1. The summed E-state index contributed by atoms with van der Waals surface area (Å²) in [5, 5.41) is 6.42. The molecule has 0 aliphatic heterocycles. The van der Waals surface area contributed by atoms with E-state index in [4.69, 9.17) is 5.41 Å². The van der Waals surface area contributed by atoms with Crippen LogP contribution in [0, 0.1) is 5.41 Å². The van der Waals surface area contributed by atoms with Gasteiger partial charge in [0.15, 0.2) is 19.3 Å². The topological polar surface area (TPSA) is 67.2 Å². The van der Waals surface area contributed by atoms with E-state index in [-0.39, 0.29) is 6.51 Å². The number of nitrogens with one attached hydrogen (secondary N) is 1. The average molecular weight is 187 g/mol. The SMILES string of the molecule is BCOC(=O)C(=N)C(=O)C(C)S. The second-order valence-corrected chi connectivity index (χ2v) is 2.91. The van der Waals surface area contributed by atoms with Gasteiger partial charge in [0.05, 0.1) is 11.8 Å². The third-order valence-corrected chi connectivity index (χ3v) is 1.34. The molecule has 1 atom stereocenters. The van der Waals surface area contributed by atoms with Gasteiger partial charge >= 0.3 is 5.97 Å². The Morgan fingerprint density at radius 2 is 2.17 bits per heavy atom. The fourth-order valence-corrected chi connectivity index (χ4v) is 0.642. The molecule has 0 aromatic carbocycles. The van der Waals surface area contributed by atoms with Gasteiger partial charge in [-0.3, -0.25) is 10.2 Å². The van der Waals surface area contributed by atoms with Gasteiger partial charge in [0.25, 0.3) is 0 Å². The molecule has 0 radical (unpaired) electrons. The fourth-order valence-electron chi connectivity index (χ4n) is 0.513. The summed E-state index contributed by atoms with van der Waals surface area (Å²) in [5.74, 6) is -1.50. The highest BCUT2D eigenvalue weighted by Gasteiger charge is 2.22. The number of carbonyl (C=O) groups is 2. The van der Waals surface area contributed by atoms with Gasteiger partial charge in [-0.2, -0.15) is 12.6 Å². The number of hydrogen-bond acceptors (Lipinski definition) is 5. The van der Waals surface area contributed by atoms with E-state index in [2.05, 4.69) is 17.4 Å². The van der Waals surface area contributed by atoms with Crippen molar-refractivity contribution in [1.82, 2.24) is 0 Å². The minimum atomic E-state index is -0.886. The van der Waals surface area contributed by atoms with Crippen LogP contribution in [0.3, 0.4) is 0 Å². The van der Waals surface area contributed by atoms with Gasteiger partial charge in [-0.1, -0.05) is 0 Å². The van der Waals surface area contributed by atoms with Crippen LogP contribution >= 0.6 is 12.6 Å². The van der Waals surface area contributed by atoms with Crippen molar-refractivity contribution in [3.63, 3.8) is 0 Å². The molecule has 66 valence electrons. The molecule has 0 amide bonds. The molecule has 0 saturated heterocycles. The van der Waals surface area contributed by atoms with E-state index >= 15 is 0 Å². The number of thiol groups is 1. The first-order valence-corrected chi connectivity index (χ1v) is 4.00. The number of Topliss-reactive ketones (excluding diaryl/α,β-unsaturated/α-hetero) is 1. The van der Waals surface area contributed by atoms with Crippen LogP contribution in [0.25, 0.3) is 0 Å². The minimum absolute atomic E-state index is 0.162. The van der Waals surface area contributed by atoms with Crippen molar-refractivity contribution in [3.05, 3.63) is 0 Å². The smallest absolute Gasteiger partial charge is 0.359 e. The maximum atomic E-state index is 11.0. The van der Waals surface area contributed by atoms with E-state index in [1.807, 2.05) is 0 Å². The first-order chi connectivity index (χ1) is 5.50. The molecule has 0 aliphatic carbocycles. The summed E-state index contributed by atoms with van der Waals surface area (Å²) >= 11 is 3.80. The first-order valence-electron chi connectivity index (χ1n) is 3.48. The maximum absolute atomic E-state index is 11.0. The fraction of sp³-hybridized carbons (Fsp3) is 0.500. The van der Waals surface area contributed by atoms with Gasteiger partial charge in [-0.15, -0.1) is 0 Å². The average Bonchev–Trinajstić information content (AvgIpc) is 2.02. The largest absolute Gasteiger partial charge is 0.470 e. The van der Waals surface area contributed by atoms with Crippen molar-refractivity contribution in [2.75, 3.05) is 6.51 Å². The highest BCUT2D eigenvalue weighted by molar-refractivity contribution is 7.82. The lowest BCUT2D eigenvalue weighted by molar-refractivity contribution is -0.134. The predicted octanol–water partition coefficient (Wildman–Crippen LogP) is -0.973. The van der Waals surface area contributed by atoms with Crippen LogP contribution < -0.4 is 0 Å². The molecular weight excluding hydrogens is 177 g/mol. The molecule has 0 spiro atoms. The Hall–Kier alpha value is -0.775. The number of esters is 1. The normalized spacial score (nSPS) is 11.8. The zero-order chi connectivity index (χ0) is 9.72. The van der Waals surface area contributed by atoms with Crippen LogP contribution in [-0.4, -0.2) is 37.1 Å². The zero-order valence-electron chi connectivity index (χ0n) is 6.96. The molecular formula is C6H10BNO3S. The van der Waals surface area contributed by atoms with Crippen molar-refractivity contribution >= 4 is 37.9 Å². The van der Waals surface area contributed by atoms with Crippen LogP contribution in [0.2, 0.25) is 0 Å². The summed E-state index contributed by atoms with van der Waals surface area (Å²) in [6.45, 7) is 1.66. The molecule has 6 heteroatoms. The monoisotopic (exact) mass is 187 g/mol. The number of carbonyl (C=O) groups excluding carboxylic acids is 2. The quantitative estimate of drug-likeness (QED) is 0.195. The van der Waals surface area contributed by atoms with Crippen molar-refractivity contribution in [3.8, 4) is 0 Å².